The molecule has 0 saturated heterocycles. The van der Waals surface area contributed by atoms with Crippen molar-refractivity contribution < 1.29 is 18.7 Å². The average molecular weight is 404 g/mol. The summed E-state index contributed by atoms with van der Waals surface area (Å²) < 4.78 is 15.8. The predicted molar refractivity (Wildman–Crippen MR) is 113 cm³/mol. The first-order valence-corrected chi connectivity index (χ1v) is 9.28. The lowest BCUT2D eigenvalue weighted by Crippen LogP contribution is -2.32. The number of nitrogens with zero attached hydrogens (tertiary/aromatic N) is 1. The van der Waals surface area contributed by atoms with Crippen LogP contribution in [0.25, 0.3) is 10.9 Å². The van der Waals surface area contributed by atoms with Crippen molar-refractivity contribution in [3.63, 3.8) is 0 Å². The lowest BCUT2D eigenvalue weighted by molar-refractivity contribution is 0.0958. The third kappa shape index (κ3) is 3.77. The van der Waals surface area contributed by atoms with E-state index >= 15 is 0 Å². The van der Waals surface area contributed by atoms with Crippen LogP contribution in [-0.4, -0.2) is 25.1 Å². The summed E-state index contributed by atoms with van der Waals surface area (Å²) >= 11 is 0. The smallest absolute Gasteiger partial charge is 0.294 e. The number of hydrogen-bond acceptors (Lipinski definition) is 5. The Morgan fingerprint density at radius 3 is 2.53 bits per heavy atom. The van der Waals surface area contributed by atoms with Crippen molar-refractivity contribution in [2.75, 3.05) is 19.1 Å². The number of fused-ring (bicyclic) bond motifs is 1. The van der Waals surface area contributed by atoms with Crippen LogP contribution in [-0.2, 0) is 6.54 Å². The molecule has 7 nitrogen and oxygen atoms in total. The van der Waals surface area contributed by atoms with Gasteiger partial charge in [-0.2, -0.15) is 0 Å². The molecule has 152 valence electrons. The summed E-state index contributed by atoms with van der Waals surface area (Å²) in [6.07, 6.45) is 1.44. The number of aromatic amines is 1. The maximum Gasteiger partial charge on any atom is 0.294 e. The Bertz CT molecular complexity index is 1240. The third-order valence-electron chi connectivity index (χ3n) is 4.80. The molecule has 0 unspecified atom stereocenters. The van der Waals surface area contributed by atoms with Gasteiger partial charge >= 0.3 is 0 Å². The van der Waals surface area contributed by atoms with E-state index in [1.165, 1.54) is 11.2 Å². The molecule has 1 N–H and O–H groups in total. The van der Waals surface area contributed by atoms with Crippen LogP contribution in [0.2, 0.25) is 0 Å². The molecule has 4 aromatic rings. The number of ether oxygens (including phenoxy) is 2. The van der Waals surface area contributed by atoms with Gasteiger partial charge in [0.2, 0.25) is 0 Å². The number of carbonyl (C=O) groups is 1. The molecule has 7 heteroatoms. The van der Waals surface area contributed by atoms with Gasteiger partial charge in [-0.3, -0.25) is 9.59 Å². The zero-order chi connectivity index (χ0) is 21.1. The van der Waals surface area contributed by atoms with Crippen molar-refractivity contribution >= 4 is 22.5 Å². The Kier molecular flexibility index (Phi) is 5.26. The lowest BCUT2D eigenvalue weighted by atomic mass is 10.1. The molecule has 0 atom stereocenters. The number of H-pyrrole nitrogens is 1. The van der Waals surface area contributed by atoms with Crippen LogP contribution in [0, 0.1) is 0 Å². The molecule has 0 fully saturated rings. The highest BCUT2D eigenvalue weighted by atomic mass is 16.5. The van der Waals surface area contributed by atoms with E-state index in [1.54, 1.807) is 62.8 Å². The molecule has 2 aromatic heterocycles. The maximum absolute atomic E-state index is 13.1. The van der Waals surface area contributed by atoms with Gasteiger partial charge < -0.3 is 23.8 Å². The highest BCUT2D eigenvalue weighted by Crippen LogP contribution is 2.25. The third-order valence-corrected chi connectivity index (χ3v) is 4.80. The molecule has 0 aliphatic heterocycles. The summed E-state index contributed by atoms with van der Waals surface area (Å²) in [7, 11) is 3.13. The first-order chi connectivity index (χ1) is 14.6. The van der Waals surface area contributed by atoms with Gasteiger partial charge in [0.1, 0.15) is 11.5 Å². The van der Waals surface area contributed by atoms with E-state index in [2.05, 4.69) is 4.98 Å². The number of anilines is 1. The van der Waals surface area contributed by atoms with Crippen molar-refractivity contribution in [2.24, 2.45) is 0 Å². The zero-order valence-corrected chi connectivity index (χ0v) is 16.5. The van der Waals surface area contributed by atoms with Gasteiger partial charge in [0.05, 0.1) is 32.5 Å². The molecule has 0 radical (unpaired) electrons. The molecule has 0 saturated carbocycles. The van der Waals surface area contributed by atoms with Crippen molar-refractivity contribution in [1.29, 1.82) is 0 Å². The Morgan fingerprint density at radius 1 is 1.00 bits per heavy atom. The van der Waals surface area contributed by atoms with E-state index in [0.717, 1.165) is 5.39 Å². The molecule has 0 aliphatic rings. The minimum absolute atomic E-state index is 0.0595. The first-order valence-electron chi connectivity index (χ1n) is 9.28. The molecule has 4 rings (SSSR count). The molecule has 2 heterocycles. The lowest BCUT2D eigenvalue weighted by Gasteiger charge is -2.22. The fourth-order valence-corrected chi connectivity index (χ4v) is 3.23. The maximum atomic E-state index is 13.1. The summed E-state index contributed by atoms with van der Waals surface area (Å²) in [4.78, 5) is 30.2. The largest absolute Gasteiger partial charge is 0.497 e. The van der Waals surface area contributed by atoms with Crippen LogP contribution in [0.1, 0.15) is 16.1 Å². The zero-order valence-electron chi connectivity index (χ0n) is 16.5. The Morgan fingerprint density at radius 2 is 1.80 bits per heavy atom. The van der Waals surface area contributed by atoms with Crippen LogP contribution >= 0.6 is 0 Å². The Hall–Kier alpha value is -4.00. The van der Waals surface area contributed by atoms with E-state index in [-0.39, 0.29) is 23.8 Å². The molecule has 2 aromatic carbocycles. The van der Waals surface area contributed by atoms with Gasteiger partial charge in [-0.25, -0.2) is 0 Å². The molecular formula is C23H20N2O5. The van der Waals surface area contributed by atoms with E-state index < -0.39 is 0 Å². The minimum Gasteiger partial charge on any atom is -0.497 e. The number of methoxy groups -OCH3 is 2. The van der Waals surface area contributed by atoms with Crippen LogP contribution in [0.3, 0.4) is 0 Å². The van der Waals surface area contributed by atoms with E-state index in [4.69, 9.17) is 13.9 Å². The molecule has 0 aliphatic carbocycles. The van der Waals surface area contributed by atoms with Crippen LogP contribution in [0.4, 0.5) is 5.69 Å². The van der Waals surface area contributed by atoms with Crippen LogP contribution in [0.5, 0.6) is 11.5 Å². The topological polar surface area (TPSA) is 84.8 Å². The number of carbonyl (C=O) groups excluding carboxylic acids is 1. The van der Waals surface area contributed by atoms with Gasteiger partial charge in [-0.15, -0.1) is 0 Å². The molecule has 30 heavy (non-hydrogen) atoms. The second kappa shape index (κ2) is 8.16. The van der Waals surface area contributed by atoms with Gasteiger partial charge in [-0.05, 0) is 47.9 Å². The molecular weight excluding hydrogens is 384 g/mol. The van der Waals surface area contributed by atoms with Gasteiger partial charge in [0, 0.05) is 23.4 Å². The summed E-state index contributed by atoms with van der Waals surface area (Å²) in [6, 6.07) is 17.5. The van der Waals surface area contributed by atoms with Crippen LogP contribution < -0.4 is 19.9 Å². The number of aromatic nitrogens is 1. The first kappa shape index (κ1) is 19.3. The number of benzene rings is 2. The second-order valence-corrected chi connectivity index (χ2v) is 6.65. The number of amides is 1. The van der Waals surface area contributed by atoms with E-state index in [1.807, 2.05) is 12.1 Å². The number of nitrogens with one attached hydrogen (secondary N) is 1. The monoisotopic (exact) mass is 404 g/mol. The van der Waals surface area contributed by atoms with Crippen molar-refractivity contribution in [1.82, 2.24) is 4.98 Å². The Balaban J connectivity index is 1.77. The average Bonchev–Trinajstić information content (AvgIpc) is 3.32. The summed E-state index contributed by atoms with van der Waals surface area (Å²) in [5, 5.41) is 0.835. The fraction of sp³-hybridized carbons (Fsp3) is 0.130. The van der Waals surface area contributed by atoms with Gasteiger partial charge in [-0.1, -0.05) is 6.07 Å². The normalized spacial score (nSPS) is 10.7. The van der Waals surface area contributed by atoms with Gasteiger partial charge in [0.25, 0.3) is 11.5 Å². The summed E-state index contributed by atoms with van der Waals surface area (Å²) in [5.74, 6) is 1.07. The predicted octanol–water partition coefficient (Wildman–Crippen LogP) is 3.99. The summed E-state index contributed by atoms with van der Waals surface area (Å²) in [5.41, 5.74) is 1.41. The van der Waals surface area contributed by atoms with E-state index in [9.17, 15) is 9.59 Å². The fourth-order valence-electron chi connectivity index (χ4n) is 3.23. The molecule has 0 spiro atoms. The van der Waals surface area contributed by atoms with Crippen LogP contribution in [0.15, 0.2) is 76.1 Å². The second-order valence-electron chi connectivity index (χ2n) is 6.65. The highest BCUT2D eigenvalue weighted by molar-refractivity contribution is 6.04. The molecule has 0 bridgehead atoms. The minimum atomic E-state index is -0.359. The summed E-state index contributed by atoms with van der Waals surface area (Å²) in [6.45, 7) is 0.0595. The number of rotatable bonds is 6. The Labute approximate surface area is 172 Å². The standard InChI is InChI=1S/C23H20N2O5/c1-28-18-6-3-5-17(12-18)25(23(27)21-7-4-10-30-21)14-16-11-15-8-9-19(29-2)13-20(15)24-22(16)26/h3-13H,14H2,1-2H3,(H,24,26). The quantitative estimate of drug-likeness (QED) is 0.525. The number of furan rings is 1. The SMILES string of the molecule is COc1cccc(N(Cc2cc3ccc(OC)cc3[nH]c2=O)C(=O)c2ccco2)c1. The molecule has 1 amide bonds. The number of pyridine rings is 1. The van der Waals surface area contributed by atoms with E-state index in [0.29, 0.717) is 28.3 Å². The highest BCUT2D eigenvalue weighted by Gasteiger charge is 2.22. The number of hydrogen-bond donors (Lipinski definition) is 1. The van der Waals surface area contributed by atoms with Crippen molar-refractivity contribution in [2.45, 2.75) is 6.54 Å². The van der Waals surface area contributed by atoms with Gasteiger partial charge in [0.15, 0.2) is 5.76 Å². The van der Waals surface area contributed by atoms with Crippen molar-refractivity contribution in [3.05, 3.63) is 88.6 Å². The van der Waals surface area contributed by atoms with Crippen molar-refractivity contribution in [3.8, 4) is 11.5 Å².